The molecule has 0 bridgehead atoms. The number of likely N-dealkylation sites (tertiary alicyclic amines) is 1. The molecule has 5 N–H and O–H groups in total. The third kappa shape index (κ3) is 17.3. The first kappa shape index (κ1) is 44.6. The molecular formula is C38H64N7O6S+. The molecule has 1 aliphatic heterocycles. The third-order valence-electron chi connectivity index (χ3n) is 9.86. The molecule has 1 aromatic heterocycles. The number of carbonyl (C=O) groups is 4. The minimum Gasteiger partial charge on any atom is -0.356 e. The Morgan fingerprint density at radius 2 is 1.60 bits per heavy atom. The van der Waals surface area contributed by atoms with Gasteiger partial charge in [-0.15, -0.1) is 0 Å². The summed E-state index contributed by atoms with van der Waals surface area (Å²) < 4.78 is 23.8. The van der Waals surface area contributed by atoms with Gasteiger partial charge in [-0.25, -0.2) is 23.2 Å². The van der Waals surface area contributed by atoms with Gasteiger partial charge in [0.2, 0.25) is 26.8 Å². The summed E-state index contributed by atoms with van der Waals surface area (Å²) in [4.78, 5) is 57.3. The van der Waals surface area contributed by atoms with Crippen molar-refractivity contribution in [2.75, 3.05) is 46.0 Å². The lowest BCUT2D eigenvalue weighted by molar-refractivity contribution is -0.915. The maximum absolute atomic E-state index is 13.2. The Hall–Kier alpha value is -3.57. The quantitative estimate of drug-likeness (QED) is 0.0672. The normalized spacial score (nSPS) is 18.8. The number of Topliss-reactive ketones (excluding diaryl/α,β-unsaturated/α-hetero) is 1. The summed E-state index contributed by atoms with van der Waals surface area (Å²) in [6, 6.07) is -0.578. The smallest absolute Gasteiger partial charge is 0.312 e. The number of sulfone groups is 1. The lowest BCUT2D eigenvalue weighted by Crippen LogP contribution is -2.51. The standard InChI is InChI=1S/C38H63N7O6S/c1-28(2)32(18-17-31(35(48)38(3,4)5)14-11-21-40-36(39)49)44-34(47)16-12-22-45(6)23-19-29(20-24-45)25-41-33(46)15-10-8-9-13-30-26-42-37(43-27-30)52(7,50)51/h26-29,31-32H,8,10-12,14-25H2,1-7H3,(H4-,39,40,41,44,46,47,49)/p+1/t29?,31-,32-,45?/m1/s1. The third-order valence-corrected chi connectivity index (χ3v) is 10.7. The van der Waals surface area contributed by atoms with Gasteiger partial charge in [-0.05, 0) is 43.9 Å². The van der Waals surface area contributed by atoms with E-state index in [9.17, 15) is 27.6 Å². The molecule has 1 fully saturated rings. The van der Waals surface area contributed by atoms with Crippen LogP contribution < -0.4 is 21.7 Å². The van der Waals surface area contributed by atoms with E-state index in [1.54, 1.807) is 0 Å². The lowest BCUT2D eigenvalue weighted by atomic mass is 9.78. The summed E-state index contributed by atoms with van der Waals surface area (Å²) in [5.41, 5.74) is 5.25. The molecule has 13 nitrogen and oxygen atoms in total. The van der Waals surface area contributed by atoms with Crippen LogP contribution in [-0.2, 0) is 24.2 Å². The van der Waals surface area contributed by atoms with E-state index >= 15 is 0 Å². The highest BCUT2D eigenvalue weighted by Crippen LogP contribution is 2.28. The Balaban J connectivity index is 1.68. The molecule has 0 aromatic carbocycles. The van der Waals surface area contributed by atoms with Crippen molar-refractivity contribution < 1.29 is 32.1 Å². The number of nitrogens with two attached hydrogens (primary N) is 1. The number of primary amides is 1. The van der Waals surface area contributed by atoms with Crippen LogP contribution in [0.25, 0.3) is 0 Å². The largest absolute Gasteiger partial charge is 0.356 e. The van der Waals surface area contributed by atoms with E-state index in [1.165, 1.54) is 12.4 Å². The van der Waals surface area contributed by atoms with Crippen LogP contribution in [-0.4, -0.2) is 98.6 Å². The van der Waals surface area contributed by atoms with Crippen molar-refractivity contribution in [3.05, 3.63) is 18.0 Å². The number of hydrogen-bond donors (Lipinski definition) is 4. The van der Waals surface area contributed by atoms with Crippen molar-refractivity contribution in [2.45, 2.75) is 116 Å². The van der Waals surface area contributed by atoms with Gasteiger partial charge in [-0.2, -0.15) is 0 Å². The Bertz CT molecular complexity index is 1490. The summed E-state index contributed by atoms with van der Waals surface area (Å²) >= 11 is 0. The van der Waals surface area contributed by atoms with Gasteiger partial charge in [0.1, 0.15) is 5.78 Å². The second-order valence-corrected chi connectivity index (χ2v) is 18.0. The number of unbranched alkanes of at least 4 members (excludes halogenated alkanes) is 1. The maximum atomic E-state index is 13.2. The Morgan fingerprint density at radius 3 is 2.17 bits per heavy atom. The maximum Gasteiger partial charge on any atom is 0.312 e. The van der Waals surface area contributed by atoms with E-state index in [0.29, 0.717) is 69.5 Å². The summed E-state index contributed by atoms with van der Waals surface area (Å²) in [5.74, 6) is 6.69. The van der Waals surface area contributed by atoms with Crippen LogP contribution in [0.2, 0.25) is 0 Å². The predicted molar refractivity (Wildman–Crippen MR) is 202 cm³/mol. The Morgan fingerprint density at radius 1 is 0.962 bits per heavy atom. The molecule has 1 saturated heterocycles. The molecule has 1 aromatic rings. The highest BCUT2D eigenvalue weighted by atomic mass is 32.2. The number of nitrogens with zero attached hydrogens (tertiary/aromatic N) is 3. The van der Waals surface area contributed by atoms with Gasteiger partial charge in [0.15, 0.2) is 0 Å². The van der Waals surface area contributed by atoms with E-state index in [0.717, 1.165) is 56.1 Å². The molecule has 292 valence electrons. The van der Waals surface area contributed by atoms with E-state index in [1.807, 2.05) is 20.8 Å². The van der Waals surface area contributed by atoms with Crippen LogP contribution in [0.5, 0.6) is 0 Å². The molecule has 0 radical (unpaired) electrons. The zero-order chi connectivity index (χ0) is 39.0. The topological polar surface area (TPSA) is 190 Å². The molecule has 4 amide bonds. The van der Waals surface area contributed by atoms with Gasteiger partial charge in [-0.1, -0.05) is 46.5 Å². The first-order valence-corrected chi connectivity index (χ1v) is 20.7. The molecule has 0 aliphatic carbocycles. The van der Waals surface area contributed by atoms with Gasteiger partial charge < -0.3 is 26.2 Å². The second-order valence-electron chi connectivity index (χ2n) is 16.1. The number of ketones is 1. The minimum absolute atomic E-state index is 0.0151. The first-order chi connectivity index (χ1) is 24.3. The van der Waals surface area contributed by atoms with Gasteiger partial charge in [0, 0.05) is 87.6 Å². The van der Waals surface area contributed by atoms with Crippen molar-refractivity contribution in [3.63, 3.8) is 0 Å². The summed E-state index contributed by atoms with van der Waals surface area (Å²) in [7, 11) is -1.19. The fourth-order valence-electron chi connectivity index (χ4n) is 6.53. The van der Waals surface area contributed by atoms with Crippen molar-refractivity contribution in [1.29, 1.82) is 0 Å². The summed E-state index contributed by atoms with van der Waals surface area (Å²) in [6.45, 7) is 14.1. The van der Waals surface area contributed by atoms with Crippen molar-refractivity contribution >= 4 is 33.5 Å². The predicted octanol–water partition coefficient (Wildman–Crippen LogP) is 3.76. The molecule has 0 saturated carbocycles. The summed E-state index contributed by atoms with van der Waals surface area (Å²) in [6.07, 6.45) is 11.4. The molecule has 2 atom stereocenters. The average Bonchev–Trinajstić information content (AvgIpc) is 3.05. The summed E-state index contributed by atoms with van der Waals surface area (Å²) in [5, 5.41) is 8.70. The molecule has 2 heterocycles. The number of rotatable bonds is 20. The monoisotopic (exact) mass is 746 g/mol. The SMILES string of the molecule is CC(C)[C@@H](CC[C@@H](CCCNC(N)=O)C(=O)C(C)(C)C)NC(=O)CCC[N+]1(C)CCC(CNC(=O)CCCC#Cc2cnc(S(C)(=O)=O)nc2)CC1. The number of urea groups is 1. The van der Waals surface area contributed by atoms with Crippen LogP contribution >= 0.6 is 0 Å². The van der Waals surface area contributed by atoms with E-state index in [-0.39, 0.29) is 40.6 Å². The van der Waals surface area contributed by atoms with Gasteiger partial charge in [-0.3, -0.25) is 14.4 Å². The zero-order valence-corrected chi connectivity index (χ0v) is 33.4. The number of hydrogen-bond acceptors (Lipinski definition) is 8. The number of nitrogens with one attached hydrogen (secondary N) is 3. The molecule has 0 unspecified atom stereocenters. The number of piperidine rings is 1. The van der Waals surface area contributed by atoms with Gasteiger partial charge in [0.25, 0.3) is 0 Å². The molecule has 14 heteroatoms. The molecule has 2 rings (SSSR count). The molecule has 0 spiro atoms. The van der Waals surface area contributed by atoms with Gasteiger partial charge in [0.05, 0.1) is 32.2 Å². The van der Waals surface area contributed by atoms with E-state index in [4.69, 9.17) is 5.73 Å². The average molecular weight is 747 g/mol. The van der Waals surface area contributed by atoms with E-state index < -0.39 is 21.3 Å². The highest BCUT2D eigenvalue weighted by molar-refractivity contribution is 7.90. The van der Waals surface area contributed by atoms with Crippen LogP contribution in [0, 0.1) is 35.0 Å². The van der Waals surface area contributed by atoms with Crippen molar-refractivity contribution in [3.8, 4) is 11.8 Å². The van der Waals surface area contributed by atoms with Crippen LogP contribution in [0.15, 0.2) is 17.6 Å². The fraction of sp³-hybridized carbons (Fsp3) is 0.737. The van der Waals surface area contributed by atoms with Crippen molar-refractivity contribution in [1.82, 2.24) is 25.9 Å². The van der Waals surface area contributed by atoms with Crippen LogP contribution in [0.3, 0.4) is 0 Å². The second kappa shape index (κ2) is 21.2. The fourth-order valence-corrected chi connectivity index (χ4v) is 7.01. The Labute approximate surface area is 312 Å². The number of amides is 4. The van der Waals surface area contributed by atoms with E-state index in [2.05, 4.69) is 58.7 Å². The van der Waals surface area contributed by atoms with Crippen molar-refractivity contribution in [2.24, 2.45) is 28.9 Å². The lowest BCUT2D eigenvalue weighted by Gasteiger charge is -2.40. The van der Waals surface area contributed by atoms with Crippen LogP contribution in [0.1, 0.15) is 111 Å². The molecule has 52 heavy (non-hydrogen) atoms. The highest BCUT2D eigenvalue weighted by Gasteiger charge is 2.32. The number of quaternary nitrogens is 1. The van der Waals surface area contributed by atoms with Crippen LogP contribution in [0.4, 0.5) is 4.79 Å². The minimum atomic E-state index is -3.45. The van der Waals surface area contributed by atoms with Gasteiger partial charge >= 0.3 is 6.03 Å². The Kier molecular flexibility index (Phi) is 18.2. The number of aromatic nitrogens is 2. The zero-order valence-electron chi connectivity index (χ0n) is 32.6. The molecule has 1 aliphatic rings. The first-order valence-electron chi connectivity index (χ1n) is 18.8. The molecular weight excluding hydrogens is 683 g/mol. The number of carbonyl (C=O) groups excluding carboxylic acids is 4.